The van der Waals surface area contributed by atoms with Gasteiger partial charge in [0.05, 0.1) is 0 Å². The molecule has 90 valence electrons. The molecule has 0 bridgehead atoms. The Hall–Kier alpha value is -1.11. The lowest BCUT2D eigenvalue weighted by molar-refractivity contribution is 0.438. The molecule has 2 aromatic rings. The Kier molecular flexibility index (Phi) is 3.37. The van der Waals surface area contributed by atoms with E-state index < -0.39 is 0 Å². The van der Waals surface area contributed by atoms with E-state index in [-0.39, 0.29) is 11.7 Å². The van der Waals surface area contributed by atoms with Crippen molar-refractivity contribution >= 4 is 28.5 Å². The molecule has 1 aromatic carbocycles. The summed E-state index contributed by atoms with van der Waals surface area (Å²) in [4.78, 5) is 0. The Balaban J connectivity index is 2.61. The van der Waals surface area contributed by atoms with Crippen molar-refractivity contribution in [2.24, 2.45) is 0 Å². The van der Waals surface area contributed by atoms with Crippen LogP contribution >= 0.6 is 22.6 Å². The minimum absolute atomic E-state index is 0.206. The Morgan fingerprint density at radius 2 is 2.12 bits per heavy atom. The van der Waals surface area contributed by atoms with Crippen molar-refractivity contribution in [1.82, 2.24) is 5.16 Å². The van der Waals surface area contributed by atoms with E-state index in [4.69, 9.17) is 10.3 Å². The maximum absolute atomic E-state index is 13.1. The second-order valence-corrected chi connectivity index (χ2v) is 5.25. The lowest BCUT2D eigenvalue weighted by Crippen LogP contribution is -1.95. The quantitative estimate of drug-likeness (QED) is 0.842. The zero-order valence-electron chi connectivity index (χ0n) is 9.50. The molecule has 17 heavy (non-hydrogen) atoms. The summed E-state index contributed by atoms with van der Waals surface area (Å²) in [7, 11) is 0. The highest BCUT2D eigenvalue weighted by molar-refractivity contribution is 14.1. The minimum atomic E-state index is -0.263. The summed E-state index contributed by atoms with van der Waals surface area (Å²) in [5, 5.41) is 3.97. The molecule has 0 aliphatic heterocycles. The normalized spacial score (nSPS) is 11.1. The van der Waals surface area contributed by atoms with Gasteiger partial charge in [-0.1, -0.05) is 19.0 Å². The van der Waals surface area contributed by atoms with Gasteiger partial charge in [-0.15, -0.1) is 0 Å². The molecule has 0 atom stereocenters. The van der Waals surface area contributed by atoms with E-state index in [0.717, 1.165) is 14.7 Å². The third kappa shape index (κ3) is 2.29. The van der Waals surface area contributed by atoms with Gasteiger partial charge in [0.1, 0.15) is 11.5 Å². The van der Waals surface area contributed by atoms with Crippen molar-refractivity contribution in [2.75, 3.05) is 5.73 Å². The van der Waals surface area contributed by atoms with E-state index in [0.29, 0.717) is 11.6 Å². The van der Waals surface area contributed by atoms with E-state index in [2.05, 4.69) is 27.7 Å². The van der Waals surface area contributed by atoms with Gasteiger partial charge in [-0.05, 0) is 46.7 Å². The van der Waals surface area contributed by atoms with Crippen molar-refractivity contribution in [3.8, 4) is 11.3 Å². The first-order valence-corrected chi connectivity index (χ1v) is 6.29. The Bertz CT molecular complexity index is 551. The van der Waals surface area contributed by atoms with Crippen LogP contribution in [-0.2, 0) is 0 Å². The van der Waals surface area contributed by atoms with Crippen LogP contribution in [0.15, 0.2) is 22.7 Å². The van der Waals surface area contributed by atoms with Gasteiger partial charge in [-0.2, -0.15) is 0 Å². The molecule has 2 rings (SSSR count). The molecule has 0 aliphatic rings. The summed E-state index contributed by atoms with van der Waals surface area (Å²) >= 11 is 2.08. The van der Waals surface area contributed by atoms with Crippen molar-refractivity contribution in [2.45, 2.75) is 19.8 Å². The van der Waals surface area contributed by atoms with Crippen LogP contribution in [-0.4, -0.2) is 5.16 Å². The van der Waals surface area contributed by atoms with Gasteiger partial charge in [0, 0.05) is 14.7 Å². The van der Waals surface area contributed by atoms with Crippen LogP contribution in [0.3, 0.4) is 0 Å². The monoisotopic (exact) mass is 346 g/mol. The second kappa shape index (κ2) is 4.64. The SMILES string of the molecule is CC(C)c1c(-c2ccc(F)cc2I)noc1N. The van der Waals surface area contributed by atoms with Crippen LogP contribution in [0.25, 0.3) is 11.3 Å². The number of benzene rings is 1. The number of nitrogens with zero attached hydrogens (tertiary/aromatic N) is 1. The zero-order valence-corrected chi connectivity index (χ0v) is 11.7. The number of nitrogens with two attached hydrogens (primary N) is 1. The van der Waals surface area contributed by atoms with Crippen molar-refractivity contribution in [1.29, 1.82) is 0 Å². The maximum atomic E-state index is 13.1. The van der Waals surface area contributed by atoms with Gasteiger partial charge >= 0.3 is 0 Å². The average molecular weight is 346 g/mol. The molecule has 0 aliphatic carbocycles. The molecule has 0 fully saturated rings. The molecule has 2 N–H and O–H groups in total. The molecule has 0 radical (unpaired) electrons. The molecule has 5 heteroatoms. The van der Waals surface area contributed by atoms with Gasteiger partial charge < -0.3 is 10.3 Å². The van der Waals surface area contributed by atoms with E-state index >= 15 is 0 Å². The van der Waals surface area contributed by atoms with Crippen LogP contribution in [0.1, 0.15) is 25.3 Å². The van der Waals surface area contributed by atoms with Crippen molar-refractivity contribution < 1.29 is 8.91 Å². The molecular formula is C12H12FIN2O. The Morgan fingerprint density at radius 1 is 1.41 bits per heavy atom. The third-order valence-corrected chi connectivity index (χ3v) is 3.41. The van der Waals surface area contributed by atoms with E-state index in [9.17, 15) is 4.39 Å². The predicted molar refractivity (Wildman–Crippen MR) is 73.1 cm³/mol. The fourth-order valence-corrected chi connectivity index (χ4v) is 2.48. The first-order chi connectivity index (χ1) is 8.00. The molecule has 3 nitrogen and oxygen atoms in total. The minimum Gasteiger partial charge on any atom is -0.367 e. The van der Waals surface area contributed by atoms with Crippen molar-refractivity contribution in [3.05, 3.63) is 33.1 Å². The molecule has 1 aromatic heterocycles. The summed E-state index contributed by atoms with van der Waals surface area (Å²) in [6.45, 7) is 4.03. The highest BCUT2D eigenvalue weighted by Crippen LogP contribution is 2.35. The van der Waals surface area contributed by atoms with Gasteiger partial charge in [0.2, 0.25) is 5.88 Å². The Labute approximate surface area is 112 Å². The fourth-order valence-electron chi connectivity index (χ4n) is 1.74. The van der Waals surface area contributed by atoms with Crippen LogP contribution < -0.4 is 5.73 Å². The summed E-state index contributed by atoms with van der Waals surface area (Å²) in [6.07, 6.45) is 0. The largest absolute Gasteiger partial charge is 0.367 e. The number of halogens is 2. The molecule has 0 saturated carbocycles. The summed E-state index contributed by atoms with van der Waals surface area (Å²) < 4.78 is 18.9. The smallest absolute Gasteiger partial charge is 0.226 e. The average Bonchev–Trinajstić information content (AvgIpc) is 2.60. The molecular weight excluding hydrogens is 334 g/mol. The standard InChI is InChI=1S/C12H12FIN2O/c1-6(2)10-11(16-17-12(10)15)8-4-3-7(13)5-9(8)14/h3-6H,15H2,1-2H3. The van der Waals surface area contributed by atoms with Crippen molar-refractivity contribution in [3.63, 3.8) is 0 Å². The topological polar surface area (TPSA) is 52.0 Å². The number of hydrogen-bond acceptors (Lipinski definition) is 3. The van der Waals surface area contributed by atoms with E-state index in [1.54, 1.807) is 6.07 Å². The Morgan fingerprint density at radius 3 is 2.71 bits per heavy atom. The summed E-state index contributed by atoms with van der Waals surface area (Å²) in [5.41, 5.74) is 8.16. The first kappa shape index (κ1) is 12.3. The van der Waals surface area contributed by atoms with Gasteiger partial charge in [0.25, 0.3) is 0 Å². The lowest BCUT2D eigenvalue weighted by atomic mass is 9.99. The highest BCUT2D eigenvalue weighted by atomic mass is 127. The number of nitrogen functional groups attached to an aromatic ring is 1. The molecule has 1 heterocycles. The maximum Gasteiger partial charge on any atom is 0.226 e. The fraction of sp³-hybridized carbons (Fsp3) is 0.250. The van der Waals surface area contributed by atoms with Crippen LogP contribution in [0, 0.1) is 9.39 Å². The van der Waals surface area contributed by atoms with Crippen LogP contribution in [0.4, 0.5) is 10.3 Å². The van der Waals surface area contributed by atoms with Crippen LogP contribution in [0.5, 0.6) is 0 Å². The van der Waals surface area contributed by atoms with E-state index in [1.165, 1.54) is 12.1 Å². The molecule has 0 saturated heterocycles. The highest BCUT2D eigenvalue weighted by Gasteiger charge is 2.20. The van der Waals surface area contributed by atoms with E-state index in [1.807, 2.05) is 13.8 Å². The molecule has 0 spiro atoms. The number of hydrogen-bond donors (Lipinski definition) is 1. The predicted octanol–water partition coefficient (Wildman–Crippen LogP) is 3.79. The zero-order chi connectivity index (χ0) is 12.6. The first-order valence-electron chi connectivity index (χ1n) is 5.21. The van der Waals surface area contributed by atoms with Gasteiger partial charge in [-0.3, -0.25) is 0 Å². The van der Waals surface area contributed by atoms with Gasteiger partial charge in [0.15, 0.2) is 0 Å². The molecule has 0 amide bonds. The number of rotatable bonds is 2. The summed E-state index contributed by atoms with van der Waals surface area (Å²) in [6, 6.07) is 4.57. The number of aromatic nitrogens is 1. The summed E-state index contributed by atoms with van der Waals surface area (Å²) in [5.74, 6) is 0.271. The lowest BCUT2D eigenvalue weighted by Gasteiger charge is -2.07. The van der Waals surface area contributed by atoms with Crippen LogP contribution in [0.2, 0.25) is 0 Å². The number of anilines is 1. The molecule has 0 unspecified atom stereocenters. The third-order valence-electron chi connectivity index (χ3n) is 2.52. The van der Waals surface area contributed by atoms with Gasteiger partial charge in [-0.25, -0.2) is 4.39 Å². The second-order valence-electron chi connectivity index (χ2n) is 4.09.